The van der Waals surface area contributed by atoms with E-state index in [2.05, 4.69) is 73.7 Å². The summed E-state index contributed by atoms with van der Waals surface area (Å²) in [5, 5.41) is 0.214. The molecular weight excluding hydrogens is 396 g/mol. The molecule has 2 aliphatic rings. The normalized spacial score (nSPS) is 33.3. The van der Waals surface area contributed by atoms with Crippen molar-refractivity contribution in [1.29, 1.82) is 0 Å². The van der Waals surface area contributed by atoms with Crippen LogP contribution in [0.25, 0.3) is 0 Å². The first-order valence-electron chi connectivity index (χ1n) is 11.0. The van der Waals surface area contributed by atoms with E-state index in [0.717, 1.165) is 6.42 Å². The summed E-state index contributed by atoms with van der Waals surface area (Å²) in [6, 6.07) is 0. The van der Waals surface area contributed by atoms with Gasteiger partial charge >= 0.3 is 0 Å². The van der Waals surface area contributed by atoms with Crippen LogP contribution in [0.1, 0.15) is 61.8 Å². The molecule has 0 aromatic carbocycles. The molecule has 0 amide bonds. The van der Waals surface area contributed by atoms with Gasteiger partial charge in [-0.15, -0.1) is 12.3 Å². The number of fused-ring (bicyclic) bond motifs is 1. The van der Waals surface area contributed by atoms with Gasteiger partial charge in [0.15, 0.2) is 22.4 Å². The molecule has 0 aromatic rings. The molecule has 29 heavy (non-hydrogen) atoms. The van der Waals surface area contributed by atoms with Crippen molar-refractivity contribution in [2.24, 2.45) is 5.92 Å². The predicted molar refractivity (Wildman–Crippen MR) is 125 cm³/mol. The van der Waals surface area contributed by atoms with Gasteiger partial charge in [-0.1, -0.05) is 41.5 Å². The Balaban J connectivity index is 2.44. The lowest BCUT2D eigenvalue weighted by atomic mass is 9.81. The minimum Gasteiger partial charge on any atom is -0.411 e. The summed E-state index contributed by atoms with van der Waals surface area (Å²) in [6.07, 6.45) is 6.09. The monoisotopic (exact) mass is 440 g/mol. The van der Waals surface area contributed by atoms with Crippen molar-refractivity contribution in [3.63, 3.8) is 0 Å². The average molecular weight is 441 g/mol. The van der Waals surface area contributed by atoms with Crippen LogP contribution < -0.4 is 0 Å². The maximum atomic E-state index is 6.98. The zero-order valence-electron chi connectivity index (χ0n) is 20.8. The van der Waals surface area contributed by atoms with Gasteiger partial charge in [0.25, 0.3) is 0 Å². The third kappa shape index (κ3) is 5.19. The molecule has 0 spiro atoms. The third-order valence-corrected chi connectivity index (χ3v) is 16.4. The highest BCUT2D eigenvalue weighted by atomic mass is 28.4. The van der Waals surface area contributed by atoms with Crippen molar-refractivity contribution < 1.29 is 18.3 Å². The first kappa shape index (κ1) is 25.1. The SMILES string of the molecule is C#C[C@H]1C[C@H](O[Si](C)(C)C(C)(C)C)[C@@H](O[Si](C)(C)C(C)(C)C)[C@@H]2OC(C)(C)O[C@@H]21. The van der Waals surface area contributed by atoms with Gasteiger partial charge < -0.3 is 18.3 Å². The third-order valence-electron chi connectivity index (χ3n) is 7.44. The van der Waals surface area contributed by atoms with Gasteiger partial charge in [-0.25, -0.2) is 0 Å². The van der Waals surface area contributed by atoms with Crippen molar-refractivity contribution in [3.05, 3.63) is 0 Å². The Bertz CT molecular complexity index is 637. The molecule has 168 valence electrons. The molecule has 4 nitrogen and oxygen atoms in total. The summed E-state index contributed by atoms with van der Waals surface area (Å²) in [5.74, 6) is 2.27. The van der Waals surface area contributed by atoms with E-state index in [4.69, 9.17) is 24.7 Å². The fourth-order valence-electron chi connectivity index (χ4n) is 3.61. The van der Waals surface area contributed by atoms with Crippen molar-refractivity contribution in [2.45, 2.75) is 128 Å². The molecule has 5 atom stereocenters. The van der Waals surface area contributed by atoms with E-state index in [1.54, 1.807) is 0 Å². The van der Waals surface area contributed by atoms with Crippen molar-refractivity contribution in [1.82, 2.24) is 0 Å². The van der Waals surface area contributed by atoms with Gasteiger partial charge in [0.1, 0.15) is 12.2 Å². The van der Waals surface area contributed by atoms with Crippen LogP contribution in [0.5, 0.6) is 0 Å². The number of hydrogen-bond acceptors (Lipinski definition) is 4. The largest absolute Gasteiger partial charge is 0.411 e. The Labute approximate surface area is 181 Å². The van der Waals surface area contributed by atoms with Crippen LogP contribution in [0.3, 0.4) is 0 Å². The van der Waals surface area contributed by atoms with Crippen molar-refractivity contribution >= 4 is 16.6 Å². The zero-order chi connectivity index (χ0) is 22.6. The first-order chi connectivity index (χ1) is 12.8. The van der Waals surface area contributed by atoms with Crippen LogP contribution in [-0.2, 0) is 18.3 Å². The van der Waals surface area contributed by atoms with Crippen LogP contribution in [0.15, 0.2) is 0 Å². The van der Waals surface area contributed by atoms with Crippen molar-refractivity contribution in [2.75, 3.05) is 0 Å². The molecule has 1 heterocycles. The minimum absolute atomic E-state index is 0.0317. The van der Waals surface area contributed by atoms with Gasteiger partial charge in [-0.2, -0.15) is 0 Å². The van der Waals surface area contributed by atoms with Crippen LogP contribution in [0.4, 0.5) is 0 Å². The molecule has 6 heteroatoms. The average Bonchev–Trinajstić information content (AvgIpc) is 2.82. The zero-order valence-corrected chi connectivity index (χ0v) is 22.8. The van der Waals surface area contributed by atoms with Gasteiger partial charge in [-0.3, -0.25) is 0 Å². The summed E-state index contributed by atoms with van der Waals surface area (Å²) in [5.41, 5.74) is 0. The van der Waals surface area contributed by atoms with E-state index < -0.39 is 22.4 Å². The molecule has 1 saturated heterocycles. The molecule has 0 radical (unpaired) electrons. The highest BCUT2D eigenvalue weighted by Crippen LogP contribution is 2.47. The molecule has 0 unspecified atom stereocenters. The van der Waals surface area contributed by atoms with Crippen LogP contribution in [0.2, 0.25) is 36.3 Å². The summed E-state index contributed by atoms with van der Waals surface area (Å²) in [6.45, 7) is 26.7. The summed E-state index contributed by atoms with van der Waals surface area (Å²) in [4.78, 5) is 0. The lowest BCUT2D eigenvalue weighted by Crippen LogP contribution is -2.61. The van der Waals surface area contributed by atoms with E-state index in [0.29, 0.717) is 0 Å². The molecular formula is C23H44O4Si2. The van der Waals surface area contributed by atoms with Crippen LogP contribution in [-0.4, -0.2) is 46.8 Å². The van der Waals surface area contributed by atoms with E-state index in [9.17, 15) is 0 Å². The molecule has 1 aliphatic heterocycles. The molecule has 0 bridgehead atoms. The second-order valence-electron chi connectivity index (χ2n) is 12.3. The fraction of sp³-hybridized carbons (Fsp3) is 0.913. The topological polar surface area (TPSA) is 36.9 Å². The molecule has 2 rings (SSSR count). The van der Waals surface area contributed by atoms with Gasteiger partial charge in [0, 0.05) is 0 Å². The minimum atomic E-state index is -2.05. The second kappa shape index (κ2) is 7.76. The Morgan fingerprint density at radius 1 is 0.862 bits per heavy atom. The maximum absolute atomic E-state index is 6.98. The highest BCUT2D eigenvalue weighted by Gasteiger charge is 2.58. The van der Waals surface area contributed by atoms with E-state index in [-0.39, 0.29) is 40.4 Å². The van der Waals surface area contributed by atoms with Gasteiger partial charge in [0.05, 0.1) is 18.1 Å². The van der Waals surface area contributed by atoms with E-state index >= 15 is 0 Å². The quantitative estimate of drug-likeness (QED) is 0.400. The summed E-state index contributed by atoms with van der Waals surface area (Å²) >= 11 is 0. The highest BCUT2D eigenvalue weighted by molar-refractivity contribution is 6.74. The Morgan fingerprint density at radius 2 is 1.31 bits per heavy atom. The molecule has 0 aromatic heterocycles. The van der Waals surface area contributed by atoms with Gasteiger partial charge in [-0.05, 0) is 56.5 Å². The Hall–Kier alpha value is -0.166. The fourth-order valence-corrected chi connectivity index (χ4v) is 6.27. The number of terminal acetylenes is 1. The summed E-state index contributed by atoms with van der Waals surface area (Å²) in [7, 11) is -4.05. The maximum Gasteiger partial charge on any atom is 0.192 e. The number of ether oxygens (including phenoxy) is 2. The molecule has 1 saturated carbocycles. The van der Waals surface area contributed by atoms with Gasteiger partial charge in [0.2, 0.25) is 0 Å². The second-order valence-corrected chi connectivity index (χ2v) is 21.8. The smallest absolute Gasteiger partial charge is 0.192 e. The molecule has 2 fully saturated rings. The van der Waals surface area contributed by atoms with Crippen LogP contribution >= 0.6 is 0 Å². The lowest BCUT2D eigenvalue weighted by Gasteiger charge is -2.49. The van der Waals surface area contributed by atoms with E-state index in [1.165, 1.54) is 0 Å². The summed E-state index contributed by atoms with van der Waals surface area (Å²) < 4.78 is 26.6. The molecule has 0 N–H and O–H groups in total. The molecule has 1 aliphatic carbocycles. The van der Waals surface area contributed by atoms with Crippen LogP contribution in [0, 0.1) is 18.3 Å². The number of hydrogen-bond donors (Lipinski definition) is 0. The number of rotatable bonds is 4. The van der Waals surface area contributed by atoms with E-state index in [1.807, 2.05) is 13.8 Å². The van der Waals surface area contributed by atoms with Crippen molar-refractivity contribution in [3.8, 4) is 12.3 Å². The lowest BCUT2D eigenvalue weighted by molar-refractivity contribution is -0.156. The predicted octanol–water partition coefficient (Wildman–Crippen LogP) is 5.94. The first-order valence-corrected chi connectivity index (χ1v) is 16.8. The standard InChI is InChI=1S/C23H44O4Si2/c1-14-16-15-17(26-28(10,11)21(2,3)4)19(27-29(12,13)22(5,6)7)20-18(16)24-23(8,9)25-20/h1,16-20H,15H2,2-13H3/t16-,17-,18+,19+,20+/m0/s1. The Morgan fingerprint density at radius 3 is 1.76 bits per heavy atom. The Kier molecular flexibility index (Phi) is 6.71.